The number of imide groups is 1. The van der Waals surface area contributed by atoms with Gasteiger partial charge in [0.25, 0.3) is 11.8 Å². The van der Waals surface area contributed by atoms with Gasteiger partial charge >= 0.3 is 0 Å². The van der Waals surface area contributed by atoms with E-state index in [-0.39, 0.29) is 30.6 Å². The lowest BCUT2D eigenvalue weighted by Crippen LogP contribution is -2.41. The van der Waals surface area contributed by atoms with Crippen LogP contribution in [-0.4, -0.2) is 35.6 Å². The zero-order valence-corrected chi connectivity index (χ0v) is 18.6. The second-order valence-corrected chi connectivity index (χ2v) is 6.38. The van der Waals surface area contributed by atoms with E-state index in [2.05, 4.69) is 12.2 Å². The van der Waals surface area contributed by atoms with Crippen molar-refractivity contribution in [3.8, 4) is 0 Å². The molecular weight excluding hydrogens is 364 g/mol. The number of Topliss-reactive ketones (excluding diaryl/α,β-unsaturated/α-hetero) is 1. The second kappa shape index (κ2) is 12.0. The third kappa shape index (κ3) is 5.43. The third-order valence-electron chi connectivity index (χ3n) is 4.53. The average molecular weight is 399 g/mol. The smallest absolute Gasteiger partial charge is 0.261 e. The van der Waals surface area contributed by atoms with Crippen LogP contribution in [0.15, 0.2) is 30.3 Å². The number of nitrogens with zero attached hydrogens (tertiary/aromatic N) is 1. The lowest BCUT2D eigenvalue weighted by Gasteiger charge is -2.27. The molecule has 5 heteroatoms. The maximum Gasteiger partial charge on any atom is 0.261 e. The molecule has 1 heterocycles. The second-order valence-electron chi connectivity index (χ2n) is 6.38. The van der Waals surface area contributed by atoms with Gasteiger partial charge in [0.15, 0.2) is 0 Å². The SMILES string of the molecule is CC.CC.CCCCNc1ccc2c3c(cccc13)C(=O)N(CCC(C)=O)C2=O. The lowest BCUT2D eigenvalue weighted by atomic mass is 9.93. The summed E-state index contributed by atoms with van der Waals surface area (Å²) in [5.74, 6) is -0.690. The molecule has 1 aliphatic heterocycles. The molecule has 2 amide bonds. The molecule has 158 valence electrons. The predicted octanol–water partition coefficient (Wildman–Crippen LogP) is 5.68. The molecule has 1 aliphatic rings. The summed E-state index contributed by atoms with van der Waals surface area (Å²) in [5, 5.41) is 4.99. The Hall–Kier alpha value is -2.69. The summed E-state index contributed by atoms with van der Waals surface area (Å²) < 4.78 is 0. The van der Waals surface area contributed by atoms with Crippen molar-refractivity contribution in [3.63, 3.8) is 0 Å². The highest BCUT2D eigenvalue weighted by molar-refractivity contribution is 6.26. The van der Waals surface area contributed by atoms with Crippen LogP contribution in [0.5, 0.6) is 0 Å². The van der Waals surface area contributed by atoms with E-state index in [1.807, 2.05) is 45.9 Å². The first-order valence-corrected chi connectivity index (χ1v) is 10.7. The molecule has 0 radical (unpaired) electrons. The van der Waals surface area contributed by atoms with Crippen LogP contribution in [-0.2, 0) is 4.79 Å². The third-order valence-corrected chi connectivity index (χ3v) is 4.53. The van der Waals surface area contributed by atoms with Crippen LogP contribution in [0.25, 0.3) is 10.8 Å². The van der Waals surface area contributed by atoms with E-state index in [1.165, 1.54) is 11.8 Å². The monoisotopic (exact) mass is 398 g/mol. The Bertz CT molecular complexity index is 836. The quantitative estimate of drug-likeness (QED) is 0.481. The first-order valence-electron chi connectivity index (χ1n) is 10.7. The van der Waals surface area contributed by atoms with Crippen molar-refractivity contribution in [1.29, 1.82) is 0 Å². The molecule has 0 saturated heterocycles. The number of carbonyl (C=O) groups is 3. The molecule has 0 unspecified atom stereocenters. The van der Waals surface area contributed by atoms with Crippen molar-refractivity contribution in [3.05, 3.63) is 41.5 Å². The molecule has 2 aromatic rings. The molecule has 0 bridgehead atoms. The molecule has 2 aromatic carbocycles. The van der Waals surface area contributed by atoms with E-state index in [0.29, 0.717) is 16.5 Å². The molecule has 0 aromatic heterocycles. The summed E-state index contributed by atoms with van der Waals surface area (Å²) in [6.07, 6.45) is 2.33. The van der Waals surface area contributed by atoms with Gasteiger partial charge in [0, 0.05) is 47.1 Å². The fraction of sp³-hybridized carbons (Fsp3) is 0.458. The number of benzene rings is 2. The standard InChI is InChI=1S/C20H22N2O3.2C2H6/c1-3-4-11-21-17-9-8-16-18-14(17)6-5-7-15(18)19(24)22(20(16)25)12-10-13(2)23;2*1-2/h5-9,21H,3-4,10-12H2,1-2H3;2*1-2H3. The Balaban J connectivity index is 0.000000989. The average Bonchev–Trinajstić information content (AvgIpc) is 2.75. The molecule has 0 atom stereocenters. The van der Waals surface area contributed by atoms with E-state index in [0.717, 1.165) is 30.5 Å². The Morgan fingerprint density at radius 3 is 2.17 bits per heavy atom. The van der Waals surface area contributed by atoms with Gasteiger partial charge in [-0.1, -0.05) is 53.2 Å². The van der Waals surface area contributed by atoms with Crippen LogP contribution in [0.1, 0.15) is 81.5 Å². The van der Waals surface area contributed by atoms with Gasteiger partial charge in [-0.2, -0.15) is 0 Å². The van der Waals surface area contributed by atoms with Crippen LogP contribution in [0.4, 0.5) is 5.69 Å². The van der Waals surface area contributed by atoms with Crippen LogP contribution in [0.3, 0.4) is 0 Å². The molecule has 0 aliphatic carbocycles. The Morgan fingerprint density at radius 2 is 1.59 bits per heavy atom. The fourth-order valence-corrected chi connectivity index (χ4v) is 3.17. The number of hydrogen-bond acceptors (Lipinski definition) is 4. The number of nitrogens with one attached hydrogen (secondary N) is 1. The number of rotatable bonds is 7. The van der Waals surface area contributed by atoms with Crippen LogP contribution in [0, 0.1) is 0 Å². The maximum atomic E-state index is 12.8. The minimum absolute atomic E-state index is 0.0416. The highest BCUT2D eigenvalue weighted by atomic mass is 16.2. The minimum atomic E-state index is -0.324. The largest absolute Gasteiger partial charge is 0.385 e. The van der Waals surface area contributed by atoms with Crippen molar-refractivity contribution < 1.29 is 14.4 Å². The van der Waals surface area contributed by atoms with Crippen molar-refractivity contribution in [2.45, 2.75) is 60.8 Å². The topological polar surface area (TPSA) is 66.5 Å². The summed E-state index contributed by atoms with van der Waals surface area (Å²) in [6, 6.07) is 9.19. The van der Waals surface area contributed by atoms with E-state index in [9.17, 15) is 14.4 Å². The lowest BCUT2D eigenvalue weighted by molar-refractivity contribution is -0.117. The van der Waals surface area contributed by atoms with Crippen LogP contribution >= 0.6 is 0 Å². The summed E-state index contributed by atoms with van der Waals surface area (Å²) in [4.78, 5) is 38.0. The number of anilines is 1. The van der Waals surface area contributed by atoms with Crippen molar-refractivity contribution in [2.24, 2.45) is 0 Å². The van der Waals surface area contributed by atoms with Gasteiger partial charge in [-0.05, 0) is 31.5 Å². The van der Waals surface area contributed by atoms with Gasteiger partial charge in [0.1, 0.15) is 5.78 Å². The summed E-state index contributed by atoms with van der Waals surface area (Å²) >= 11 is 0. The zero-order chi connectivity index (χ0) is 22.0. The molecule has 0 spiro atoms. The highest BCUT2D eigenvalue weighted by Gasteiger charge is 2.33. The summed E-state index contributed by atoms with van der Waals surface area (Å²) in [5.41, 5.74) is 1.98. The molecule has 3 rings (SSSR count). The van der Waals surface area contributed by atoms with Crippen LogP contribution in [0.2, 0.25) is 0 Å². The zero-order valence-electron chi connectivity index (χ0n) is 18.6. The molecular formula is C24H34N2O3. The highest BCUT2D eigenvalue weighted by Crippen LogP contribution is 2.34. The Labute approximate surface area is 174 Å². The van der Waals surface area contributed by atoms with Gasteiger partial charge in [0.2, 0.25) is 0 Å². The molecule has 1 N–H and O–H groups in total. The normalized spacial score (nSPS) is 12.0. The maximum absolute atomic E-state index is 12.8. The molecule has 0 fully saturated rings. The minimum Gasteiger partial charge on any atom is -0.385 e. The first-order chi connectivity index (χ1) is 14.0. The van der Waals surface area contributed by atoms with Gasteiger partial charge in [-0.15, -0.1) is 0 Å². The number of unbranched alkanes of at least 4 members (excludes halogenated alkanes) is 1. The number of carbonyl (C=O) groups excluding carboxylic acids is 3. The van der Waals surface area contributed by atoms with E-state index in [1.54, 1.807) is 12.1 Å². The number of ketones is 1. The van der Waals surface area contributed by atoms with Crippen molar-refractivity contribution >= 4 is 34.1 Å². The van der Waals surface area contributed by atoms with Gasteiger partial charge in [-0.25, -0.2) is 0 Å². The number of hydrogen-bond donors (Lipinski definition) is 1. The summed E-state index contributed by atoms with van der Waals surface area (Å²) in [7, 11) is 0. The van der Waals surface area contributed by atoms with E-state index >= 15 is 0 Å². The van der Waals surface area contributed by atoms with Crippen LogP contribution < -0.4 is 5.32 Å². The summed E-state index contributed by atoms with van der Waals surface area (Å²) in [6.45, 7) is 12.6. The van der Waals surface area contributed by atoms with E-state index in [4.69, 9.17) is 0 Å². The predicted molar refractivity (Wildman–Crippen MR) is 121 cm³/mol. The van der Waals surface area contributed by atoms with Crippen molar-refractivity contribution in [1.82, 2.24) is 4.90 Å². The van der Waals surface area contributed by atoms with E-state index < -0.39 is 0 Å². The Kier molecular flexibility index (Phi) is 10.1. The van der Waals surface area contributed by atoms with Gasteiger partial charge < -0.3 is 5.32 Å². The van der Waals surface area contributed by atoms with Crippen molar-refractivity contribution in [2.75, 3.05) is 18.4 Å². The molecule has 5 nitrogen and oxygen atoms in total. The Morgan fingerprint density at radius 1 is 0.966 bits per heavy atom. The van der Waals surface area contributed by atoms with Gasteiger partial charge in [0.05, 0.1) is 0 Å². The molecule has 29 heavy (non-hydrogen) atoms. The first kappa shape index (κ1) is 24.3. The fourth-order valence-electron chi connectivity index (χ4n) is 3.17. The molecule has 0 saturated carbocycles. The number of amides is 2. The van der Waals surface area contributed by atoms with Gasteiger partial charge in [-0.3, -0.25) is 19.3 Å².